The van der Waals surface area contributed by atoms with Gasteiger partial charge in [0.2, 0.25) is 0 Å². The van der Waals surface area contributed by atoms with Gasteiger partial charge in [-0.15, -0.1) is 0 Å². The van der Waals surface area contributed by atoms with E-state index in [9.17, 15) is 8.40 Å². The summed E-state index contributed by atoms with van der Waals surface area (Å²) in [5.74, 6) is -0.0720. The maximum atomic E-state index is 10.5. The number of oxime groups is 1. The lowest BCUT2D eigenvalue weighted by molar-refractivity contribution is -1.63. The molecule has 0 aliphatic carbocycles. The number of benzene rings is 2. The second-order valence-electron chi connectivity index (χ2n) is 3.71. The van der Waals surface area contributed by atoms with Crippen molar-refractivity contribution in [2.45, 2.75) is 0 Å². The standard InChI is InChI=1S/C13H12BrN3O3/c15-13(16-20-14(18)19)17(11-7-3-1-4-8-11)12-9-5-2-6-10-12/h1-10H,(H2,15,16). The molecule has 0 radical (unpaired) electrons. The number of halogens is 1. The van der Waals surface area contributed by atoms with Gasteiger partial charge in [-0.05, 0) is 28.2 Å². The number of para-hydroxylation sites is 2. The highest BCUT2D eigenvalue weighted by Crippen LogP contribution is 2.24. The molecule has 2 N–H and O–H groups in total. The Hall–Kier alpha value is -2.09. The highest BCUT2D eigenvalue weighted by molar-refractivity contribution is 6.01. The third-order valence-electron chi connectivity index (χ3n) is 2.44. The summed E-state index contributed by atoms with van der Waals surface area (Å²) in [5, 5.41) is 3.42. The first kappa shape index (κ1) is 14.3. The second kappa shape index (κ2) is 6.90. The molecule has 20 heavy (non-hydrogen) atoms. The van der Waals surface area contributed by atoms with Crippen LogP contribution in [0.3, 0.4) is 0 Å². The Labute approximate surface area is 121 Å². The molecule has 2 aromatic carbocycles. The molecule has 2 aromatic rings. The molecule has 0 unspecified atom stereocenters. The third kappa shape index (κ3) is 3.70. The van der Waals surface area contributed by atoms with Gasteiger partial charge in [0.15, 0.2) is 0 Å². The highest BCUT2D eigenvalue weighted by atomic mass is 80.0. The van der Waals surface area contributed by atoms with Gasteiger partial charge in [-0.3, -0.25) is 4.90 Å². The van der Waals surface area contributed by atoms with Crippen molar-refractivity contribution in [2.75, 3.05) is 4.90 Å². The van der Waals surface area contributed by atoms with Crippen molar-refractivity contribution in [2.24, 2.45) is 10.9 Å². The van der Waals surface area contributed by atoms with Crippen molar-refractivity contribution in [1.29, 1.82) is 0 Å². The second-order valence-corrected chi connectivity index (χ2v) is 4.80. The summed E-state index contributed by atoms with van der Waals surface area (Å²) < 4.78 is 25.2. The molecule has 0 saturated heterocycles. The Morgan fingerprint density at radius 2 is 1.40 bits per heavy atom. The number of nitrogens with zero attached hydrogens (tertiary/aromatic N) is 2. The fraction of sp³-hybridized carbons (Fsp3) is 0. The minimum absolute atomic E-state index is 0.0720. The van der Waals surface area contributed by atoms with Gasteiger partial charge in [0.05, 0.1) is 5.16 Å². The van der Waals surface area contributed by atoms with Crippen molar-refractivity contribution >= 4 is 17.3 Å². The van der Waals surface area contributed by atoms with Crippen LogP contribution in [-0.2, 0) is 3.93 Å². The fourth-order valence-electron chi connectivity index (χ4n) is 1.67. The average molecular weight is 338 g/mol. The van der Waals surface area contributed by atoms with E-state index in [1.165, 1.54) is 0 Å². The van der Waals surface area contributed by atoms with Gasteiger partial charge in [-0.2, -0.15) is 0 Å². The van der Waals surface area contributed by atoms with Crippen LogP contribution in [0.1, 0.15) is 0 Å². The maximum Gasteiger partial charge on any atom is 0.537 e. The summed E-state index contributed by atoms with van der Waals surface area (Å²) >= 11 is -3.44. The van der Waals surface area contributed by atoms with E-state index in [0.717, 1.165) is 11.4 Å². The minimum Gasteiger partial charge on any atom is -0.366 e. The summed E-state index contributed by atoms with van der Waals surface area (Å²) in [7, 11) is 0. The molecule has 0 saturated carbocycles. The number of hydrogen-bond acceptors (Lipinski definition) is 4. The van der Waals surface area contributed by atoms with Crippen LogP contribution in [0, 0.1) is 14.8 Å². The zero-order valence-corrected chi connectivity index (χ0v) is 11.9. The maximum absolute atomic E-state index is 10.5. The third-order valence-corrected chi connectivity index (χ3v) is 2.82. The van der Waals surface area contributed by atoms with E-state index in [-0.39, 0.29) is 5.96 Å². The summed E-state index contributed by atoms with van der Waals surface area (Å²) in [6.45, 7) is 0. The van der Waals surface area contributed by atoms with Crippen LogP contribution in [-0.4, -0.2) is 5.96 Å². The lowest BCUT2D eigenvalue weighted by Crippen LogP contribution is -2.37. The van der Waals surface area contributed by atoms with E-state index >= 15 is 0 Å². The van der Waals surface area contributed by atoms with Crippen molar-refractivity contribution in [1.82, 2.24) is 0 Å². The Morgan fingerprint density at radius 3 is 1.80 bits per heavy atom. The molecule has 0 heterocycles. The quantitative estimate of drug-likeness (QED) is 0.487. The molecule has 0 spiro atoms. The van der Waals surface area contributed by atoms with Crippen LogP contribution in [0.25, 0.3) is 0 Å². The van der Waals surface area contributed by atoms with Crippen LogP contribution in [0.2, 0.25) is 0 Å². The van der Waals surface area contributed by atoms with Gasteiger partial charge in [-0.1, -0.05) is 36.4 Å². The van der Waals surface area contributed by atoms with E-state index in [4.69, 9.17) is 5.73 Å². The highest BCUT2D eigenvalue weighted by Gasteiger charge is 2.17. The number of rotatable bonds is 4. The molecule has 7 heteroatoms. The summed E-state index contributed by atoms with van der Waals surface area (Å²) in [6.07, 6.45) is 0. The fourth-order valence-corrected chi connectivity index (χ4v) is 1.94. The zero-order valence-electron chi connectivity index (χ0n) is 10.3. The van der Waals surface area contributed by atoms with Gasteiger partial charge < -0.3 is 14.1 Å². The smallest absolute Gasteiger partial charge is 0.366 e. The lowest BCUT2D eigenvalue weighted by atomic mass is 10.2. The summed E-state index contributed by atoms with van der Waals surface area (Å²) in [4.78, 5) is 1.59. The first-order valence-corrected chi connectivity index (χ1v) is 7.59. The molecular weight excluding hydrogens is 326 g/mol. The van der Waals surface area contributed by atoms with Crippen molar-refractivity contribution in [3.05, 3.63) is 60.7 Å². The number of anilines is 2. The van der Waals surface area contributed by atoms with E-state index < -0.39 is 14.8 Å². The van der Waals surface area contributed by atoms with Gasteiger partial charge in [0, 0.05) is 11.4 Å². The Kier molecular flexibility index (Phi) is 4.94. The van der Waals surface area contributed by atoms with Crippen LogP contribution in [0.15, 0.2) is 65.8 Å². The Bertz CT molecular complexity index is 524. The topological polar surface area (TPSA) is 97.0 Å². The van der Waals surface area contributed by atoms with Crippen molar-refractivity contribution in [3.8, 4) is 0 Å². The lowest BCUT2D eigenvalue weighted by Gasteiger charge is -2.22. The molecule has 0 fully saturated rings. The zero-order chi connectivity index (χ0) is 14.4. The SMILES string of the molecule is N/C(=N\O[Br+2]([O-])[O-])N(c1ccccc1)c1ccccc1. The van der Waals surface area contributed by atoms with Crippen LogP contribution in [0.5, 0.6) is 0 Å². The molecule has 104 valence electrons. The summed E-state index contributed by atoms with van der Waals surface area (Å²) in [5.41, 5.74) is 7.31. The monoisotopic (exact) mass is 337 g/mol. The first-order chi connectivity index (χ1) is 9.68. The molecule has 0 amide bonds. The van der Waals surface area contributed by atoms with E-state index in [1.54, 1.807) is 4.90 Å². The van der Waals surface area contributed by atoms with Gasteiger partial charge in [0.25, 0.3) is 5.96 Å². The molecule has 0 bridgehead atoms. The van der Waals surface area contributed by atoms with E-state index in [0.29, 0.717) is 0 Å². The van der Waals surface area contributed by atoms with E-state index in [1.807, 2.05) is 60.7 Å². The number of guanidine groups is 1. The van der Waals surface area contributed by atoms with E-state index in [2.05, 4.69) is 9.08 Å². The molecule has 6 nitrogen and oxygen atoms in total. The molecule has 0 aliphatic heterocycles. The predicted octanol–water partition coefficient (Wildman–Crippen LogP) is 0.157. The normalized spacial score (nSPS) is 11.4. The average Bonchev–Trinajstić information content (AvgIpc) is 2.48. The van der Waals surface area contributed by atoms with Crippen LogP contribution < -0.4 is 19.0 Å². The first-order valence-electron chi connectivity index (χ1n) is 5.65. The molecule has 0 aromatic heterocycles. The Balaban J connectivity index is 2.38. The molecule has 2 rings (SSSR count). The number of hydrogen-bond donors (Lipinski definition) is 1. The van der Waals surface area contributed by atoms with Gasteiger partial charge >= 0.3 is 14.8 Å². The van der Waals surface area contributed by atoms with Crippen molar-refractivity contribution < 1.29 is 27.1 Å². The molecule has 0 atom stereocenters. The minimum atomic E-state index is -3.44. The molecule has 0 aliphatic rings. The van der Waals surface area contributed by atoms with Gasteiger partial charge in [-0.25, -0.2) is 0 Å². The Morgan fingerprint density at radius 1 is 0.950 bits per heavy atom. The molecular formula is C13H12BrN3O3. The number of nitrogens with two attached hydrogens (primary N) is 1. The van der Waals surface area contributed by atoms with Crippen molar-refractivity contribution in [3.63, 3.8) is 0 Å². The van der Waals surface area contributed by atoms with Gasteiger partial charge in [0.1, 0.15) is 0 Å². The largest absolute Gasteiger partial charge is 0.537 e. The van der Waals surface area contributed by atoms with Crippen LogP contribution in [0.4, 0.5) is 11.4 Å². The predicted molar refractivity (Wildman–Crippen MR) is 67.7 cm³/mol. The summed E-state index contributed by atoms with van der Waals surface area (Å²) in [6, 6.07) is 18.4. The van der Waals surface area contributed by atoms with Crippen LogP contribution >= 0.6 is 0 Å².